The molecule has 2 N–H and O–H groups in total. The minimum atomic E-state index is 0.0382. The average molecular weight is 384 g/mol. The van der Waals surface area contributed by atoms with E-state index in [1.165, 1.54) is 0 Å². The Morgan fingerprint density at radius 1 is 1.29 bits per heavy atom. The number of amides is 1. The molecule has 150 valence electrons. The molecule has 28 heavy (non-hydrogen) atoms. The summed E-state index contributed by atoms with van der Waals surface area (Å²) < 4.78 is 10.6. The SMILES string of the molecule is COc1ccc(CCNC(=O)CN2CCNCC2c2cccnc2)cc1OC. The molecule has 0 aliphatic carbocycles. The van der Waals surface area contributed by atoms with Crippen LogP contribution in [-0.2, 0) is 11.2 Å². The molecular weight excluding hydrogens is 356 g/mol. The number of benzene rings is 1. The van der Waals surface area contributed by atoms with Gasteiger partial charge >= 0.3 is 0 Å². The summed E-state index contributed by atoms with van der Waals surface area (Å²) in [6.07, 6.45) is 4.38. The molecule has 1 aromatic carbocycles. The van der Waals surface area contributed by atoms with Crippen LogP contribution in [0.25, 0.3) is 0 Å². The summed E-state index contributed by atoms with van der Waals surface area (Å²) in [6, 6.07) is 9.98. The van der Waals surface area contributed by atoms with Crippen molar-refractivity contribution in [3.8, 4) is 11.5 Å². The van der Waals surface area contributed by atoms with Gasteiger partial charge in [0.05, 0.1) is 20.8 Å². The minimum Gasteiger partial charge on any atom is -0.493 e. The van der Waals surface area contributed by atoms with Gasteiger partial charge < -0.3 is 20.1 Å². The van der Waals surface area contributed by atoms with Gasteiger partial charge in [0, 0.05) is 44.6 Å². The number of pyridine rings is 1. The maximum absolute atomic E-state index is 12.5. The Morgan fingerprint density at radius 3 is 2.89 bits per heavy atom. The standard InChI is InChI=1S/C21H28N4O3/c1-27-19-6-5-16(12-20(19)28-2)7-9-24-21(26)15-25-11-10-23-14-18(25)17-4-3-8-22-13-17/h3-6,8,12-13,18,23H,7,9-11,14-15H2,1-2H3,(H,24,26). The fourth-order valence-corrected chi connectivity index (χ4v) is 3.46. The maximum Gasteiger partial charge on any atom is 0.234 e. The van der Waals surface area contributed by atoms with Gasteiger partial charge in [-0.05, 0) is 35.7 Å². The first-order chi connectivity index (χ1) is 13.7. The lowest BCUT2D eigenvalue weighted by Gasteiger charge is -2.35. The monoisotopic (exact) mass is 384 g/mol. The highest BCUT2D eigenvalue weighted by atomic mass is 16.5. The summed E-state index contributed by atoms with van der Waals surface area (Å²) in [6.45, 7) is 3.51. The molecule has 2 aromatic rings. The molecule has 1 atom stereocenters. The van der Waals surface area contributed by atoms with Gasteiger partial charge in [0.15, 0.2) is 11.5 Å². The summed E-state index contributed by atoms with van der Waals surface area (Å²) in [5.41, 5.74) is 2.22. The fraction of sp³-hybridized carbons (Fsp3) is 0.429. The van der Waals surface area contributed by atoms with Crippen molar-refractivity contribution in [3.05, 3.63) is 53.9 Å². The third-order valence-electron chi connectivity index (χ3n) is 4.95. The zero-order valence-electron chi connectivity index (χ0n) is 16.5. The van der Waals surface area contributed by atoms with E-state index in [4.69, 9.17) is 9.47 Å². The first-order valence-corrected chi connectivity index (χ1v) is 9.53. The quantitative estimate of drug-likeness (QED) is 0.717. The van der Waals surface area contributed by atoms with Crippen LogP contribution in [0.1, 0.15) is 17.2 Å². The molecule has 0 saturated carbocycles. The maximum atomic E-state index is 12.5. The Bertz CT molecular complexity index is 770. The van der Waals surface area contributed by atoms with Crippen molar-refractivity contribution in [1.82, 2.24) is 20.5 Å². The summed E-state index contributed by atoms with van der Waals surface area (Å²) in [5, 5.41) is 6.43. The smallest absolute Gasteiger partial charge is 0.234 e. The third-order valence-corrected chi connectivity index (χ3v) is 4.95. The van der Waals surface area contributed by atoms with E-state index in [1.54, 1.807) is 20.4 Å². The highest BCUT2D eigenvalue weighted by molar-refractivity contribution is 5.78. The van der Waals surface area contributed by atoms with Crippen LogP contribution in [0.15, 0.2) is 42.7 Å². The molecule has 1 unspecified atom stereocenters. The zero-order valence-corrected chi connectivity index (χ0v) is 16.5. The Kier molecular flexibility index (Phi) is 7.22. The fourth-order valence-electron chi connectivity index (χ4n) is 3.46. The molecule has 1 aromatic heterocycles. The number of carbonyl (C=O) groups is 1. The van der Waals surface area contributed by atoms with Gasteiger partial charge in [-0.25, -0.2) is 0 Å². The molecule has 1 fully saturated rings. The van der Waals surface area contributed by atoms with Crippen LogP contribution >= 0.6 is 0 Å². The topological polar surface area (TPSA) is 75.7 Å². The van der Waals surface area contributed by atoms with Crippen LogP contribution in [0, 0.1) is 0 Å². The first kappa shape index (κ1) is 20.1. The lowest BCUT2D eigenvalue weighted by molar-refractivity contribution is -0.123. The highest BCUT2D eigenvalue weighted by Gasteiger charge is 2.25. The molecule has 1 aliphatic heterocycles. The van der Waals surface area contributed by atoms with Gasteiger partial charge in [0.2, 0.25) is 5.91 Å². The molecule has 3 rings (SSSR count). The molecule has 7 heteroatoms. The predicted molar refractivity (Wildman–Crippen MR) is 108 cm³/mol. The van der Waals surface area contributed by atoms with Crippen molar-refractivity contribution < 1.29 is 14.3 Å². The average Bonchev–Trinajstić information content (AvgIpc) is 2.74. The number of piperazine rings is 1. The summed E-state index contributed by atoms with van der Waals surface area (Å²) in [5.74, 6) is 1.44. The van der Waals surface area contributed by atoms with Gasteiger partial charge in [-0.3, -0.25) is 14.7 Å². The first-order valence-electron chi connectivity index (χ1n) is 9.53. The molecule has 1 amide bonds. The molecule has 2 heterocycles. The number of aromatic nitrogens is 1. The Labute approximate surface area is 166 Å². The van der Waals surface area contributed by atoms with Gasteiger partial charge in [-0.15, -0.1) is 0 Å². The van der Waals surface area contributed by atoms with Crippen molar-refractivity contribution in [2.75, 3.05) is 46.9 Å². The Morgan fingerprint density at radius 2 is 2.14 bits per heavy atom. The Hall–Kier alpha value is -2.64. The van der Waals surface area contributed by atoms with Crippen LogP contribution in [0.5, 0.6) is 11.5 Å². The van der Waals surface area contributed by atoms with Crippen molar-refractivity contribution in [1.29, 1.82) is 0 Å². The number of methoxy groups -OCH3 is 2. The van der Waals surface area contributed by atoms with E-state index in [2.05, 4.69) is 26.6 Å². The number of rotatable bonds is 8. The van der Waals surface area contributed by atoms with Crippen LogP contribution < -0.4 is 20.1 Å². The lowest BCUT2D eigenvalue weighted by atomic mass is 10.1. The van der Waals surface area contributed by atoms with Crippen LogP contribution in [0.4, 0.5) is 0 Å². The third kappa shape index (κ3) is 5.21. The number of ether oxygens (including phenoxy) is 2. The van der Waals surface area contributed by atoms with Crippen molar-refractivity contribution in [2.24, 2.45) is 0 Å². The van der Waals surface area contributed by atoms with Crippen molar-refractivity contribution >= 4 is 5.91 Å². The minimum absolute atomic E-state index is 0.0382. The van der Waals surface area contributed by atoms with E-state index in [9.17, 15) is 4.79 Å². The molecule has 1 saturated heterocycles. The van der Waals surface area contributed by atoms with E-state index in [-0.39, 0.29) is 11.9 Å². The normalized spacial score (nSPS) is 17.1. The van der Waals surface area contributed by atoms with Crippen molar-refractivity contribution in [3.63, 3.8) is 0 Å². The number of nitrogens with one attached hydrogen (secondary N) is 2. The van der Waals surface area contributed by atoms with Crippen molar-refractivity contribution in [2.45, 2.75) is 12.5 Å². The zero-order chi connectivity index (χ0) is 19.8. The summed E-state index contributed by atoms with van der Waals surface area (Å²) in [4.78, 5) is 18.9. The van der Waals surface area contributed by atoms with Crippen LogP contribution in [0.3, 0.4) is 0 Å². The number of hydrogen-bond acceptors (Lipinski definition) is 6. The van der Waals surface area contributed by atoms with Gasteiger partial charge in [0.1, 0.15) is 0 Å². The highest BCUT2D eigenvalue weighted by Crippen LogP contribution is 2.27. The number of carbonyl (C=O) groups excluding carboxylic acids is 1. The lowest BCUT2D eigenvalue weighted by Crippen LogP contribution is -2.49. The van der Waals surface area contributed by atoms with Gasteiger partial charge in [-0.2, -0.15) is 0 Å². The van der Waals surface area contributed by atoms with Gasteiger partial charge in [0.25, 0.3) is 0 Å². The molecule has 1 aliphatic rings. The second kappa shape index (κ2) is 10.1. The molecule has 0 spiro atoms. The summed E-state index contributed by atoms with van der Waals surface area (Å²) >= 11 is 0. The van der Waals surface area contributed by atoms with E-state index >= 15 is 0 Å². The predicted octanol–water partition coefficient (Wildman–Crippen LogP) is 1.40. The van der Waals surface area contributed by atoms with Crippen LogP contribution in [-0.4, -0.2) is 62.7 Å². The van der Waals surface area contributed by atoms with Crippen LogP contribution in [0.2, 0.25) is 0 Å². The molecular formula is C21H28N4O3. The molecule has 0 radical (unpaired) electrons. The number of nitrogens with zero attached hydrogens (tertiary/aromatic N) is 2. The number of hydrogen-bond donors (Lipinski definition) is 2. The second-order valence-electron chi connectivity index (χ2n) is 6.77. The van der Waals surface area contributed by atoms with E-state index in [0.717, 1.165) is 37.2 Å². The van der Waals surface area contributed by atoms with E-state index in [0.29, 0.717) is 24.6 Å². The van der Waals surface area contributed by atoms with E-state index < -0.39 is 0 Å². The molecule has 0 bridgehead atoms. The summed E-state index contributed by atoms with van der Waals surface area (Å²) in [7, 11) is 3.24. The largest absolute Gasteiger partial charge is 0.493 e. The van der Waals surface area contributed by atoms with Gasteiger partial charge in [-0.1, -0.05) is 12.1 Å². The van der Waals surface area contributed by atoms with E-state index in [1.807, 2.05) is 30.5 Å². The molecule has 7 nitrogen and oxygen atoms in total. The Balaban J connectivity index is 1.51. The second-order valence-corrected chi connectivity index (χ2v) is 6.77.